The van der Waals surface area contributed by atoms with Crippen LogP contribution in [0.2, 0.25) is 18.1 Å². The SMILES string of the molecule is CC(C)(C)OC(=O)N1CCCCC1C(=O)N[C@H](C#N)Cc1ccc(-c2ccc3c(c2)sc(=O)n3CCO[Si](C)(C)C(C)(C)C)cc1. The number of piperidine rings is 1. The molecule has 4 rings (SSSR count). The fraction of sp³-hybridized carbons (Fsp3) is 0.543. The maximum absolute atomic E-state index is 13.2. The van der Waals surface area contributed by atoms with Gasteiger partial charge in [0.05, 0.1) is 22.9 Å². The molecule has 1 N–H and O–H groups in total. The molecule has 1 aromatic heterocycles. The molecule has 46 heavy (non-hydrogen) atoms. The lowest BCUT2D eigenvalue weighted by Gasteiger charge is -2.36. The largest absolute Gasteiger partial charge is 0.444 e. The van der Waals surface area contributed by atoms with Crippen molar-refractivity contribution in [2.75, 3.05) is 13.2 Å². The number of fused-ring (bicyclic) bond motifs is 1. The standard InChI is InChI=1S/C35H48N4O5SSi/c1-34(2,3)44-32(41)38-18-10-9-11-29(38)31(40)37-27(23-36)21-24-12-14-25(15-13-24)26-16-17-28-30(22-26)45-33(42)39(28)19-20-43-46(7,8)35(4,5)6/h12-17,22,27,29H,9-11,18-21H2,1-8H3,(H,37,40)/t27-,29?/m0/s1. The molecule has 1 unspecified atom stereocenters. The van der Waals surface area contributed by atoms with Crippen molar-refractivity contribution in [3.8, 4) is 17.2 Å². The minimum atomic E-state index is -1.89. The van der Waals surface area contributed by atoms with Gasteiger partial charge in [-0.25, -0.2) is 4.79 Å². The number of ether oxygens (including phenoxy) is 1. The van der Waals surface area contributed by atoms with E-state index < -0.39 is 32.1 Å². The number of hydrogen-bond acceptors (Lipinski definition) is 7. The van der Waals surface area contributed by atoms with E-state index in [1.165, 1.54) is 16.2 Å². The zero-order valence-corrected chi connectivity index (χ0v) is 30.3. The van der Waals surface area contributed by atoms with Gasteiger partial charge in [0.15, 0.2) is 8.32 Å². The summed E-state index contributed by atoms with van der Waals surface area (Å²) in [7, 11) is -1.89. The van der Waals surface area contributed by atoms with Gasteiger partial charge in [-0.05, 0) is 87.0 Å². The lowest BCUT2D eigenvalue weighted by molar-refractivity contribution is -0.128. The number of benzene rings is 2. The van der Waals surface area contributed by atoms with Crippen LogP contribution in [0, 0.1) is 11.3 Å². The number of thiazole rings is 1. The van der Waals surface area contributed by atoms with Crippen molar-refractivity contribution in [3.05, 3.63) is 57.7 Å². The van der Waals surface area contributed by atoms with Gasteiger partial charge in [0.25, 0.3) is 0 Å². The molecule has 0 aliphatic carbocycles. The van der Waals surface area contributed by atoms with E-state index in [1.807, 2.05) is 42.5 Å². The van der Waals surface area contributed by atoms with Gasteiger partial charge in [0.1, 0.15) is 17.7 Å². The van der Waals surface area contributed by atoms with E-state index in [2.05, 4.69) is 45.3 Å². The van der Waals surface area contributed by atoms with Crippen LogP contribution in [0.25, 0.3) is 21.3 Å². The molecule has 0 saturated carbocycles. The molecule has 1 aliphatic rings. The quantitative estimate of drug-likeness (QED) is 0.244. The van der Waals surface area contributed by atoms with Crippen LogP contribution in [-0.4, -0.2) is 60.6 Å². The van der Waals surface area contributed by atoms with Crippen LogP contribution in [0.15, 0.2) is 47.3 Å². The Morgan fingerprint density at radius 1 is 1.07 bits per heavy atom. The second-order valence-electron chi connectivity index (χ2n) is 14.6. The molecule has 9 nitrogen and oxygen atoms in total. The first-order valence-electron chi connectivity index (χ1n) is 16.1. The van der Waals surface area contributed by atoms with Crippen LogP contribution in [0.5, 0.6) is 0 Å². The smallest absolute Gasteiger partial charge is 0.410 e. The number of likely N-dealkylation sites (tertiary alicyclic amines) is 1. The molecule has 0 spiro atoms. The predicted molar refractivity (Wildman–Crippen MR) is 186 cm³/mol. The Bertz CT molecular complexity index is 1640. The molecular weight excluding hydrogens is 617 g/mol. The lowest BCUT2D eigenvalue weighted by atomic mass is 9.99. The molecule has 2 aromatic carbocycles. The van der Waals surface area contributed by atoms with Gasteiger partial charge in [-0.1, -0.05) is 62.4 Å². The van der Waals surface area contributed by atoms with E-state index >= 15 is 0 Å². The molecule has 2 amide bonds. The van der Waals surface area contributed by atoms with E-state index in [0.717, 1.165) is 39.7 Å². The maximum atomic E-state index is 13.2. The van der Waals surface area contributed by atoms with Gasteiger partial charge in [-0.2, -0.15) is 5.26 Å². The fourth-order valence-corrected chi connectivity index (χ4v) is 7.27. The van der Waals surface area contributed by atoms with Gasteiger partial charge >= 0.3 is 11.0 Å². The minimum absolute atomic E-state index is 0.00774. The molecule has 11 heteroatoms. The van der Waals surface area contributed by atoms with Crippen LogP contribution in [0.3, 0.4) is 0 Å². The van der Waals surface area contributed by atoms with Crippen LogP contribution >= 0.6 is 11.3 Å². The number of amides is 2. The Balaban J connectivity index is 1.40. The summed E-state index contributed by atoms with van der Waals surface area (Å²) < 4.78 is 14.6. The highest BCUT2D eigenvalue weighted by Gasteiger charge is 2.37. The van der Waals surface area contributed by atoms with Crippen molar-refractivity contribution in [1.82, 2.24) is 14.8 Å². The summed E-state index contributed by atoms with van der Waals surface area (Å²) in [4.78, 5) is 40.3. The summed E-state index contributed by atoms with van der Waals surface area (Å²) in [6.07, 6.45) is 2.00. The Morgan fingerprint density at radius 3 is 2.37 bits per heavy atom. The monoisotopic (exact) mass is 664 g/mol. The summed E-state index contributed by atoms with van der Waals surface area (Å²) in [6, 6.07) is 14.8. The van der Waals surface area contributed by atoms with E-state index in [-0.39, 0.29) is 15.8 Å². The van der Waals surface area contributed by atoms with Gasteiger partial charge in [0.2, 0.25) is 5.91 Å². The number of nitrogens with one attached hydrogen (secondary N) is 1. The van der Waals surface area contributed by atoms with Gasteiger partial charge < -0.3 is 14.5 Å². The zero-order chi connectivity index (χ0) is 33.9. The van der Waals surface area contributed by atoms with E-state index in [4.69, 9.17) is 9.16 Å². The average molecular weight is 665 g/mol. The Hall–Kier alpha value is -3.46. The number of aromatic nitrogens is 1. The highest BCUT2D eigenvalue weighted by atomic mass is 32.1. The van der Waals surface area contributed by atoms with Crippen LogP contribution < -0.4 is 10.2 Å². The molecule has 2 heterocycles. The lowest BCUT2D eigenvalue weighted by Crippen LogP contribution is -2.54. The van der Waals surface area contributed by atoms with Crippen molar-refractivity contribution in [3.63, 3.8) is 0 Å². The number of carbonyl (C=O) groups excluding carboxylic acids is 2. The minimum Gasteiger partial charge on any atom is -0.444 e. The molecule has 1 saturated heterocycles. The molecule has 0 radical (unpaired) electrons. The summed E-state index contributed by atoms with van der Waals surface area (Å²) in [5.74, 6) is -0.334. The Labute approximate surface area is 277 Å². The highest BCUT2D eigenvalue weighted by Crippen LogP contribution is 2.36. The third kappa shape index (κ3) is 8.66. The van der Waals surface area contributed by atoms with E-state index in [0.29, 0.717) is 32.5 Å². The first-order chi connectivity index (χ1) is 21.5. The topological polar surface area (TPSA) is 114 Å². The number of carbonyl (C=O) groups is 2. The second kappa shape index (κ2) is 14.1. The van der Waals surface area contributed by atoms with E-state index in [9.17, 15) is 19.6 Å². The van der Waals surface area contributed by atoms with Crippen molar-refractivity contribution >= 4 is 41.9 Å². The van der Waals surface area contributed by atoms with Crippen LogP contribution in [0.4, 0.5) is 4.79 Å². The summed E-state index contributed by atoms with van der Waals surface area (Å²) in [5.41, 5.74) is 3.14. The number of rotatable bonds is 9. The van der Waals surface area contributed by atoms with Crippen molar-refractivity contribution in [2.24, 2.45) is 0 Å². The average Bonchev–Trinajstić information content (AvgIpc) is 3.29. The van der Waals surface area contributed by atoms with Gasteiger partial charge in [0, 0.05) is 19.5 Å². The molecule has 1 aliphatic heterocycles. The van der Waals surface area contributed by atoms with Crippen molar-refractivity contribution in [1.29, 1.82) is 5.26 Å². The number of nitrogens with zero attached hydrogens (tertiary/aromatic N) is 3. The molecular formula is C35H48N4O5SSi. The van der Waals surface area contributed by atoms with Gasteiger partial charge in [-0.3, -0.25) is 19.1 Å². The second-order valence-corrected chi connectivity index (χ2v) is 20.4. The Kier molecular flexibility index (Phi) is 10.9. The van der Waals surface area contributed by atoms with E-state index in [1.54, 1.807) is 25.3 Å². The Morgan fingerprint density at radius 2 is 1.74 bits per heavy atom. The number of hydrogen-bond donors (Lipinski definition) is 1. The first-order valence-corrected chi connectivity index (χ1v) is 19.8. The fourth-order valence-electron chi connectivity index (χ4n) is 5.28. The predicted octanol–water partition coefficient (Wildman–Crippen LogP) is 7.09. The van der Waals surface area contributed by atoms with Crippen molar-refractivity contribution in [2.45, 2.75) is 110 Å². The maximum Gasteiger partial charge on any atom is 0.410 e. The van der Waals surface area contributed by atoms with Crippen LogP contribution in [0.1, 0.15) is 66.4 Å². The third-order valence-corrected chi connectivity index (χ3v) is 14.4. The van der Waals surface area contributed by atoms with Gasteiger partial charge in [-0.15, -0.1) is 0 Å². The van der Waals surface area contributed by atoms with Crippen LogP contribution in [-0.2, 0) is 26.9 Å². The highest BCUT2D eigenvalue weighted by molar-refractivity contribution is 7.16. The molecule has 3 aromatic rings. The molecule has 0 bridgehead atoms. The zero-order valence-electron chi connectivity index (χ0n) is 28.4. The summed E-state index contributed by atoms with van der Waals surface area (Å²) in [5, 5.41) is 12.8. The number of nitriles is 1. The van der Waals surface area contributed by atoms with Crippen molar-refractivity contribution < 1.29 is 18.8 Å². The summed E-state index contributed by atoms with van der Waals surface area (Å²) in [6.45, 7) is 17.9. The normalized spacial score (nSPS) is 16.6. The molecule has 1 fully saturated rings. The first kappa shape index (κ1) is 35.4. The summed E-state index contributed by atoms with van der Waals surface area (Å²) >= 11 is 1.24. The molecule has 248 valence electrons. The molecule has 2 atom stereocenters. The third-order valence-electron chi connectivity index (χ3n) is 8.89.